The van der Waals surface area contributed by atoms with E-state index in [1.165, 1.54) is 0 Å². The zero-order chi connectivity index (χ0) is 14.0. The molecule has 4 heteroatoms. The van der Waals surface area contributed by atoms with Gasteiger partial charge in [0.05, 0.1) is 5.56 Å². The smallest absolute Gasteiger partial charge is 0.173 e. The fourth-order valence-electron chi connectivity index (χ4n) is 1.90. The summed E-state index contributed by atoms with van der Waals surface area (Å²) in [6.07, 6.45) is -0.0167. The number of rotatable bonds is 3. The zero-order valence-corrected chi connectivity index (χ0v) is 11.8. The molecule has 0 fully saturated rings. The predicted molar refractivity (Wildman–Crippen MR) is 73.3 cm³/mol. The van der Waals surface area contributed by atoms with Gasteiger partial charge in [-0.3, -0.25) is 4.79 Å². The van der Waals surface area contributed by atoms with Gasteiger partial charge in [0.2, 0.25) is 0 Å². The van der Waals surface area contributed by atoms with Gasteiger partial charge in [0, 0.05) is 10.9 Å². The molecule has 2 aromatic carbocycles. The Morgan fingerprint density at radius 3 is 2.37 bits per heavy atom. The van der Waals surface area contributed by atoms with Gasteiger partial charge < -0.3 is 0 Å². The molecule has 0 atom stereocenters. The van der Waals surface area contributed by atoms with Gasteiger partial charge in [-0.05, 0) is 24.6 Å². The second-order valence-electron chi connectivity index (χ2n) is 4.33. The fraction of sp³-hybridized carbons (Fsp3) is 0.133. The molecule has 0 aliphatic carbocycles. The van der Waals surface area contributed by atoms with Crippen molar-refractivity contribution in [2.24, 2.45) is 0 Å². The van der Waals surface area contributed by atoms with Crippen molar-refractivity contribution in [1.29, 1.82) is 0 Å². The average molecular weight is 325 g/mol. The lowest BCUT2D eigenvalue weighted by molar-refractivity contribution is 0.0985. The summed E-state index contributed by atoms with van der Waals surface area (Å²) in [6, 6.07) is 9.48. The summed E-state index contributed by atoms with van der Waals surface area (Å²) in [6.45, 7) is 1.90. The second kappa shape index (κ2) is 5.61. The summed E-state index contributed by atoms with van der Waals surface area (Å²) in [7, 11) is 0. The highest BCUT2D eigenvalue weighted by atomic mass is 79.9. The number of Topliss-reactive ketones (excluding diaryl/α,β-unsaturated/α-hetero) is 1. The molecule has 0 saturated heterocycles. The first-order valence-corrected chi connectivity index (χ1v) is 6.50. The lowest BCUT2D eigenvalue weighted by Gasteiger charge is -2.06. The van der Waals surface area contributed by atoms with Gasteiger partial charge >= 0.3 is 0 Å². The third-order valence-corrected chi connectivity index (χ3v) is 3.19. The van der Waals surface area contributed by atoms with Crippen LogP contribution in [-0.4, -0.2) is 5.78 Å². The van der Waals surface area contributed by atoms with Crippen LogP contribution in [0.2, 0.25) is 0 Å². The van der Waals surface area contributed by atoms with E-state index in [4.69, 9.17) is 0 Å². The molecule has 0 spiro atoms. The molecular formula is C15H11BrF2O. The third-order valence-electron chi connectivity index (χ3n) is 2.73. The Labute approximate surface area is 118 Å². The average Bonchev–Trinajstić information content (AvgIpc) is 2.27. The van der Waals surface area contributed by atoms with Crippen LogP contribution >= 0.6 is 15.9 Å². The Kier molecular flexibility index (Phi) is 4.10. The molecule has 1 nitrogen and oxygen atoms in total. The van der Waals surface area contributed by atoms with Crippen molar-refractivity contribution < 1.29 is 13.6 Å². The summed E-state index contributed by atoms with van der Waals surface area (Å²) in [4.78, 5) is 12.0. The normalized spacial score (nSPS) is 10.5. The molecule has 0 N–H and O–H groups in total. The number of hydrogen-bond acceptors (Lipinski definition) is 1. The van der Waals surface area contributed by atoms with Crippen LogP contribution in [0.3, 0.4) is 0 Å². The number of aryl methyl sites for hydroxylation is 1. The van der Waals surface area contributed by atoms with Crippen molar-refractivity contribution in [3.8, 4) is 0 Å². The van der Waals surface area contributed by atoms with Crippen molar-refractivity contribution in [3.05, 3.63) is 69.2 Å². The number of carbonyl (C=O) groups excluding carboxylic acids is 1. The Hall–Kier alpha value is -1.55. The number of benzene rings is 2. The Morgan fingerprint density at radius 2 is 1.79 bits per heavy atom. The van der Waals surface area contributed by atoms with E-state index in [-0.39, 0.29) is 10.9 Å². The maximum atomic E-state index is 13.7. The molecule has 0 aliphatic rings. The van der Waals surface area contributed by atoms with Gasteiger partial charge in [-0.1, -0.05) is 45.8 Å². The summed E-state index contributed by atoms with van der Waals surface area (Å²) in [5.41, 5.74) is 1.26. The largest absolute Gasteiger partial charge is 0.294 e. The standard InChI is InChI=1S/C15H11BrF2O/c1-9-3-2-4-10(5-9)6-14(19)15-12(17)7-11(16)8-13(15)18/h2-5,7-8H,6H2,1H3. The molecule has 2 aromatic rings. The van der Waals surface area contributed by atoms with E-state index >= 15 is 0 Å². The van der Waals surface area contributed by atoms with Crippen LogP contribution in [0.5, 0.6) is 0 Å². The van der Waals surface area contributed by atoms with E-state index in [0.29, 0.717) is 0 Å². The maximum absolute atomic E-state index is 13.7. The van der Waals surface area contributed by atoms with Gasteiger partial charge in [0.1, 0.15) is 11.6 Å². The van der Waals surface area contributed by atoms with E-state index < -0.39 is 23.0 Å². The van der Waals surface area contributed by atoms with Crippen LogP contribution in [-0.2, 0) is 6.42 Å². The van der Waals surface area contributed by atoms with Crippen LogP contribution in [0.1, 0.15) is 21.5 Å². The van der Waals surface area contributed by atoms with Crippen molar-refractivity contribution >= 4 is 21.7 Å². The molecule has 0 unspecified atom stereocenters. The molecule has 19 heavy (non-hydrogen) atoms. The lowest BCUT2D eigenvalue weighted by atomic mass is 10.0. The van der Waals surface area contributed by atoms with E-state index in [2.05, 4.69) is 15.9 Å². The molecule has 0 aliphatic heterocycles. The maximum Gasteiger partial charge on any atom is 0.173 e. The number of carbonyl (C=O) groups is 1. The van der Waals surface area contributed by atoms with Crippen LogP contribution in [0.4, 0.5) is 8.78 Å². The van der Waals surface area contributed by atoms with Crippen LogP contribution in [0, 0.1) is 18.6 Å². The van der Waals surface area contributed by atoms with E-state index in [1.807, 2.05) is 25.1 Å². The molecule has 0 heterocycles. The minimum Gasteiger partial charge on any atom is -0.294 e. The summed E-state index contributed by atoms with van der Waals surface area (Å²) < 4.78 is 27.6. The molecular weight excluding hydrogens is 314 g/mol. The zero-order valence-electron chi connectivity index (χ0n) is 10.2. The summed E-state index contributed by atoms with van der Waals surface area (Å²) in [5, 5.41) is 0. The molecule has 0 bridgehead atoms. The first kappa shape index (κ1) is 13.9. The predicted octanol–water partition coefficient (Wildman–Crippen LogP) is 4.46. The highest BCUT2D eigenvalue weighted by Gasteiger charge is 2.18. The van der Waals surface area contributed by atoms with E-state index in [0.717, 1.165) is 23.3 Å². The molecule has 98 valence electrons. The molecule has 0 radical (unpaired) electrons. The van der Waals surface area contributed by atoms with Gasteiger partial charge in [-0.25, -0.2) is 8.78 Å². The highest BCUT2D eigenvalue weighted by Crippen LogP contribution is 2.21. The molecule has 0 aromatic heterocycles. The first-order valence-electron chi connectivity index (χ1n) is 5.70. The van der Waals surface area contributed by atoms with E-state index in [1.54, 1.807) is 6.07 Å². The van der Waals surface area contributed by atoms with Crippen LogP contribution < -0.4 is 0 Å². The first-order chi connectivity index (χ1) is 8.97. The molecule has 0 saturated carbocycles. The van der Waals surface area contributed by atoms with E-state index in [9.17, 15) is 13.6 Å². The monoisotopic (exact) mass is 324 g/mol. The summed E-state index contributed by atoms with van der Waals surface area (Å²) >= 11 is 2.98. The van der Waals surface area contributed by atoms with Gasteiger partial charge in [0.15, 0.2) is 5.78 Å². The van der Waals surface area contributed by atoms with Gasteiger partial charge in [-0.2, -0.15) is 0 Å². The van der Waals surface area contributed by atoms with Gasteiger partial charge in [-0.15, -0.1) is 0 Å². The SMILES string of the molecule is Cc1cccc(CC(=O)c2c(F)cc(Br)cc2F)c1. The third kappa shape index (κ3) is 3.26. The second-order valence-corrected chi connectivity index (χ2v) is 5.25. The van der Waals surface area contributed by atoms with Crippen molar-refractivity contribution in [2.75, 3.05) is 0 Å². The van der Waals surface area contributed by atoms with Crippen LogP contribution in [0.15, 0.2) is 40.9 Å². The van der Waals surface area contributed by atoms with Crippen LogP contribution in [0.25, 0.3) is 0 Å². The number of halogens is 3. The fourth-order valence-corrected chi connectivity index (χ4v) is 2.31. The lowest BCUT2D eigenvalue weighted by Crippen LogP contribution is -2.09. The summed E-state index contributed by atoms with van der Waals surface area (Å²) in [5.74, 6) is -2.25. The molecule has 2 rings (SSSR count). The highest BCUT2D eigenvalue weighted by molar-refractivity contribution is 9.10. The van der Waals surface area contributed by atoms with Crippen molar-refractivity contribution in [3.63, 3.8) is 0 Å². The Balaban J connectivity index is 2.31. The number of hydrogen-bond donors (Lipinski definition) is 0. The van der Waals surface area contributed by atoms with Gasteiger partial charge in [0.25, 0.3) is 0 Å². The quantitative estimate of drug-likeness (QED) is 0.762. The minimum absolute atomic E-state index is 0.0167. The van der Waals surface area contributed by atoms with Crippen molar-refractivity contribution in [2.45, 2.75) is 13.3 Å². The van der Waals surface area contributed by atoms with Crippen molar-refractivity contribution in [1.82, 2.24) is 0 Å². The minimum atomic E-state index is -0.843. The molecule has 0 amide bonds. The Bertz CT molecular complexity index is 615. The number of ketones is 1. The Morgan fingerprint density at radius 1 is 1.16 bits per heavy atom. The topological polar surface area (TPSA) is 17.1 Å².